The Kier molecular flexibility index (Phi) is 8.78. The molecule has 0 radical (unpaired) electrons. The summed E-state index contributed by atoms with van der Waals surface area (Å²) in [6.45, 7) is 3.26. The van der Waals surface area contributed by atoms with Crippen molar-refractivity contribution in [3.8, 4) is 33.4 Å². The first-order valence-electron chi connectivity index (χ1n) is 18.9. The van der Waals surface area contributed by atoms with Crippen molar-refractivity contribution in [3.63, 3.8) is 0 Å². The largest absolute Gasteiger partial charge is 0.359 e. The van der Waals surface area contributed by atoms with E-state index in [4.69, 9.17) is 0 Å². The monoisotopic (exact) mass is 697 g/mol. The van der Waals surface area contributed by atoms with E-state index in [1.807, 2.05) is 0 Å². The number of hydrogen-bond acceptors (Lipinski definition) is 3. The molecule has 1 atom stereocenters. The zero-order valence-corrected chi connectivity index (χ0v) is 31.0. The molecule has 3 heteroatoms. The second-order valence-electron chi connectivity index (χ2n) is 14.4. The van der Waals surface area contributed by atoms with Gasteiger partial charge in [0.2, 0.25) is 0 Å². The predicted octanol–water partition coefficient (Wildman–Crippen LogP) is 13.4. The lowest BCUT2D eigenvalue weighted by molar-refractivity contribution is 0.434. The topological polar surface area (TPSA) is 18.5 Å². The Bertz CT molecular complexity index is 2670. The molecule has 10 rings (SSSR count). The lowest BCUT2D eigenvalue weighted by Crippen LogP contribution is -2.23. The van der Waals surface area contributed by atoms with E-state index in [1.54, 1.807) is 0 Å². The molecule has 1 unspecified atom stereocenters. The average molecular weight is 698 g/mol. The van der Waals surface area contributed by atoms with Gasteiger partial charge >= 0.3 is 0 Å². The average Bonchev–Trinajstić information content (AvgIpc) is 3.63. The van der Waals surface area contributed by atoms with Gasteiger partial charge in [0.15, 0.2) is 0 Å². The Balaban J connectivity index is 0.000000724. The van der Waals surface area contributed by atoms with Gasteiger partial charge in [-0.2, -0.15) is 0 Å². The molecule has 9 aromatic carbocycles. The zero-order chi connectivity index (χ0) is 36.6. The number of hydrogen-bond donors (Lipinski definition) is 1. The Hall–Kier alpha value is -6.42. The highest BCUT2D eigenvalue weighted by Gasteiger charge is 2.31. The van der Waals surface area contributed by atoms with Gasteiger partial charge in [0.1, 0.15) is 6.17 Å². The Morgan fingerprint density at radius 3 is 1.63 bits per heavy atom. The molecule has 0 saturated carbocycles. The van der Waals surface area contributed by atoms with E-state index in [2.05, 4.69) is 218 Å². The van der Waals surface area contributed by atoms with Crippen LogP contribution < -0.4 is 10.2 Å². The van der Waals surface area contributed by atoms with Crippen molar-refractivity contribution in [2.45, 2.75) is 13.1 Å². The molecule has 1 aliphatic heterocycles. The van der Waals surface area contributed by atoms with Gasteiger partial charge in [0.25, 0.3) is 0 Å². The number of anilines is 3. The number of nitrogens with one attached hydrogen (secondary N) is 1. The smallest absolute Gasteiger partial charge is 0.130 e. The van der Waals surface area contributed by atoms with Crippen LogP contribution in [0.15, 0.2) is 182 Å². The van der Waals surface area contributed by atoms with Crippen LogP contribution in [0.4, 0.5) is 17.1 Å². The normalized spacial score (nSPS) is 13.6. The molecule has 0 amide bonds. The molecule has 0 aliphatic carbocycles. The van der Waals surface area contributed by atoms with Crippen LogP contribution in [0.3, 0.4) is 0 Å². The molecule has 1 aliphatic rings. The number of benzene rings is 9. The van der Waals surface area contributed by atoms with Crippen molar-refractivity contribution in [1.29, 1.82) is 0 Å². The van der Waals surface area contributed by atoms with Gasteiger partial charge in [0.05, 0.1) is 11.4 Å². The summed E-state index contributed by atoms with van der Waals surface area (Å²) < 4.78 is 0. The van der Waals surface area contributed by atoms with Crippen LogP contribution in [0.25, 0.3) is 65.7 Å². The molecule has 0 fully saturated rings. The lowest BCUT2D eigenvalue weighted by atomic mass is 9.85. The van der Waals surface area contributed by atoms with Gasteiger partial charge < -0.3 is 15.1 Å². The second-order valence-corrected chi connectivity index (χ2v) is 14.4. The molecule has 9 aromatic rings. The van der Waals surface area contributed by atoms with Crippen molar-refractivity contribution in [3.05, 3.63) is 188 Å². The summed E-state index contributed by atoms with van der Waals surface area (Å²) in [5.41, 5.74) is 12.1. The Morgan fingerprint density at radius 2 is 1.02 bits per heavy atom. The standard InChI is InChI=1S/C47H32N2.C4H11N/c1-3-10-31(11-4-1)32-18-20-33(21-19-32)41-30-42(40-29-27-36-13-9-12-35-26-28-39(41)46(40)45(35)36)34-22-24-37(25-23-34)47-48-43-16-7-8-17-44(43)49(47)38-14-5-2-6-15-38;1-4-5(2)3/h1-30,47-48H;4H2,1-3H3. The molecule has 0 spiro atoms. The molecule has 54 heavy (non-hydrogen) atoms. The fourth-order valence-corrected chi connectivity index (χ4v) is 7.89. The van der Waals surface area contributed by atoms with Crippen molar-refractivity contribution >= 4 is 49.4 Å². The summed E-state index contributed by atoms with van der Waals surface area (Å²) in [5, 5.41) is 11.6. The van der Waals surface area contributed by atoms with Gasteiger partial charge in [-0.3, -0.25) is 0 Å². The summed E-state index contributed by atoms with van der Waals surface area (Å²) in [6.07, 6.45) is -0.00565. The number of para-hydroxylation sites is 3. The number of rotatable bonds is 6. The van der Waals surface area contributed by atoms with Crippen molar-refractivity contribution in [1.82, 2.24) is 4.90 Å². The molecule has 3 nitrogen and oxygen atoms in total. The lowest BCUT2D eigenvalue weighted by Gasteiger charge is -2.27. The molecular weight excluding hydrogens is 655 g/mol. The second kappa shape index (κ2) is 14.2. The van der Waals surface area contributed by atoms with Crippen LogP contribution in [0.2, 0.25) is 0 Å². The van der Waals surface area contributed by atoms with Gasteiger partial charge in [-0.05, 0) is 122 Å². The van der Waals surface area contributed by atoms with E-state index < -0.39 is 0 Å². The third-order valence-electron chi connectivity index (χ3n) is 10.9. The highest BCUT2D eigenvalue weighted by Crippen LogP contribution is 2.47. The van der Waals surface area contributed by atoms with E-state index in [1.165, 1.54) is 82.6 Å². The zero-order valence-electron chi connectivity index (χ0n) is 31.0. The summed E-state index contributed by atoms with van der Waals surface area (Å²) in [7, 11) is 4.11. The number of nitrogens with zero attached hydrogens (tertiary/aromatic N) is 2. The van der Waals surface area contributed by atoms with E-state index in [-0.39, 0.29) is 6.17 Å². The van der Waals surface area contributed by atoms with Crippen LogP contribution in [-0.4, -0.2) is 25.5 Å². The fraction of sp³-hybridized carbons (Fsp3) is 0.0980. The molecular formula is C51H43N3. The van der Waals surface area contributed by atoms with E-state index >= 15 is 0 Å². The molecule has 0 saturated heterocycles. The Morgan fingerprint density at radius 1 is 0.500 bits per heavy atom. The maximum Gasteiger partial charge on any atom is 0.130 e. The van der Waals surface area contributed by atoms with Crippen LogP contribution in [0, 0.1) is 0 Å². The van der Waals surface area contributed by atoms with Gasteiger partial charge in [0, 0.05) is 5.69 Å². The highest BCUT2D eigenvalue weighted by molar-refractivity contribution is 6.28. The van der Waals surface area contributed by atoms with Crippen LogP contribution in [0.5, 0.6) is 0 Å². The molecule has 0 bridgehead atoms. The third-order valence-corrected chi connectivity index (χ3v) is 10.9. The molecule has 262 valence electrons. The molecule has 1 N–H and O–H groups in total. The predicted molar refractivity (Wildman–Crippen MR) is 232 cm³/mol. The first-order chi connectivity index (χ1) is 26.6. The minimum atomic E-state index is -0.00565. The van der Waals surface area contributed by atoms with E-state index in [9.17, 15) is 0 Å². The van der Waals surface area contributed by atoms with E-state index in [0.29, 0.717) is 0 Å². The Labute approximate surface area is 318 Å². The maximum absolute atomic E-state index is 3.79. The summed E-state index contributed by atoms with van der Waals surface area (Å²) >= 11 is 0. The van der Waals surface area contributed by atoms with Crippen molar-refractivity contribution in [2.75, 3.05) is 30.9 Å². The number of fused-ring (bicyclic) bond motifs is 1. The van der Waals surface area contributed by atoms with Gasteiger partial charge in [-0.15, -0.1) is 0 Å². The van der Waals surface area contributed by atoms with Crippen molar-refractivity contribution in [2.24, 2.45) is 0 Å². The first-order valence-corrected chi connectivity index (χ1v) is 18.9. The summed E-state index contributed by atoms with van der Waals surface area (Å²) in [5.74, 6) is 0. The van der Waals surface area contributed by atoms with E-state index in [0.717, 1.165) is 12.2 Å². The summed E-state index contributed by atoms with van der Waals surface area (Å²) in [4.78, 5) is 4.53. The third kappa shape index (κ3) is 6.03. The minimum absolute atomic E-state index is 0.00565. The summed E-state index contributed by atoms with van der Waals surface area (Å²) in [6, 6.07) is 66.4. The first kappa shape index (κ1) is 33.4. The maximum atomic E-state index is 3.79. The van der Waals surface area contributed by atoms with Gasteiger partial charge in [-0.25, -0.2) is 0 Å². The minimum Gasteiger partial charge on any atom is -0.359 e. The highest BCUT2D eigenvalue weighted by atomic mass is 15.3. The molecule has 0 aromatic heterocycles. The SMILES string of the molecule is CCN(C)C.c1ccc(-c2ccc(-c3cc(-c4ccc(C5Nc6ccccc6N5c5ccccc5)cc4)c4ccc5cccc6ccc3c4c65)cc2)cc1. The molecule has 1 heterocycles. The quantitative estimate of drug-likeness (QED) is 0.175. The van der Waals surface area contributed by atoms with Crippen LogP contribution in [-0.2, 0) is 0 Å². The van der Waals surface area contributed by atoms with Crippen LogP contribution in [0.1, 0.15) is 18.7 Å². The van der Waals surface area contributed by atoms with Crippen molar-refractivity contribution < 1.29 is 0 Å². The fourth-order valence-electron chi connectivity index (χ4n) is 7.89. The van der Waals surface area contributed by atoms with Gasteiger partial charge in [-0.1, -0.05) is 159 Å². The van der Waals surface area contributed by atoms with Crippen LogP contribution >= 0.6 is 0 Å².